The number of ether oxygens (including phenoxy) is 1. The third-order valence-electron chi connectivity index (χ3n) is 0.789. The fourth-order valence-corrected chi connectivity index (χ4v) is 0.287. The van der Waals surface area contributed by atoms with Crippen LogP contribution in [0, 0.1) is 0 Å². The molecule has 0 aromatic heterocycles. The summed E-state index contributed by atoms with van der Waals surface area (Å²) in [6.45, 7) is -1.76. The fraction of sp³-hybridized carbons (Fsp3) is 0.600. The summed E-state index contributed by atoms with van der Waals surface area (Å²) < 4.78 is 3.81. The van der Waals surface area contributed by atoms with Gasteiger partial charge in [-0.25, -0.2) is 9.59 Å². The highest BCUT2D eigenvalue weighted by atomic mass is 16.6. The largest absolute Gasteiger partial charge is 0.393 e. The second-order valence-electron chi connectivity index (χ2n) is 1.65. The number of aliphatic hydroxyl groups is 3. The Kier molecular flexibility index (Phi) is 4.35. The smallest absolute Gasteiger partial charge is 0.345 e. The third-order valence-corrected chi connectivity index (χ3v) is 0.789. The molecule has 0 heterocycles. The molecule has 0 rings (SSSR count). The SMILES string of the molecule is O=C(CO)OC(=O)C(O)CO. The molecule has 0 bridgehead atoms. The number of rotatable bonds is 3. The van der Waals surface area contributed by atoms with Crippen molar-refractivity contribution in [2.75, 3.05) is 13.2 Å². The lowest BCUT2D eigenvalue weighted by Crippen LogP contribution is -2.29. The molecule has 6 heteroatoms. The van der Waals surface area contributed by atoms with Crippen LogP contribution in [0.3, 0.4) is 0 Å². The average Bonchev–Trinajstić information content (AvgIpc) is 2.02. The number of carbonyl (C=O) groups excluding carboxylic acids is 2. The minimum atomic E-state index is -1.73. The Morgan fingerprint density at radius 3 is 2.27 bits per heavy atom. The molecule has 1 atom stereocenters. The first kappa shape index (κ1) is 10.0. The predicted octanol–water partition coefficient (Wildman–Crippen LogP) is -2.60. The zero-order chi connectivity index (χ0) is 8.85. The van der Waals surface area contributed by atoms with E-state index in [1.165, 1.54) is 0 Å². The molecule has 11 heavy (non-hydrogen) atoms. The van der Waals surface area contributed by atoms with Crippen molar-refractivity contribution in [3.05, 3.63) is 0 Å². The second kappa shape index (κ2) is 4.78. The summed E-state index contributed by atoms with van der Waals surface area (Å²) in [6, 6.07) is 0. The zero-order valence-electron chi connectivity index (χ0n) is 5.56. The van der Waals surface area contributed by atoms with E-state index >= 15 is 0 Å². The number of carbonyl (C=O) groups is 2. The van der Waals surface area contributed by atoms with E-state index in [2.05, 4.69) is 4.74 Å². The maximum absolute atomic E-state index is 10.4. The first-order valence-corrected chi connectivity index (χ1v) is 2.76. The molecule has 6 nitrogen and oxygen atoms in total. The van der Waals surface area contributed by atoms with Crippen molar-refractivity contribution in [2.24, 2.45) is 0 Å². The van der Waals surface area contributed by atoms with E-state index in [1.807, 2.05) is 0 Å². The summed E-state index contributed by atoms with van der Waals surface area (Å²) in [5.74, 6) is -2.44. The summed E-state index contributed by atoms with van der Waals surface area (Å²) in [5, 5.41) is 24.7. The minimum Gasteiger partial charge on any atom is -0.393 e. The van der Waals surface area contributed by atoms with E-state index in [1.54, 1.807) is 0 Å². The lowest BCUT2D eigenvalue weighted by molar-refractivity contribution is -0.168. The van der Waals surface area contributed by atoms with E-state index in [9.17, 15) is 9.59 Å². The van der Waals surface area contributed by atoms with Crippen LogP contribution in [0.15, 0.2) is 0 Å². The molecule has 0 aromatic rings. The van der Waals surface area contributed by atoms with Crippen molar-refractivity contribution in [2.45, 2.75) is 6.10 Å². The van der Waals surface area contributed by atoms with Gasteiger partial charge in [0, 0.05) is 0 Å². The van der Waals surface area contributed by atoms with Gasteiger partial charge in [0.05, 0.1) is 6.61 Å². The van der Waals surface area contributed by atoms with Gasteiger partial charge in [0.2, 0.25) is 0 Å². The van der Waals surface area contributed by atoms with Crippen LogP contribution in [0.1, 0.15) is 0 Å². The van der Waals surface area contributed by atoms with E-state index in [-0.39, 0.29) is 0 Å². The van der Waals surface area contributed by atoms with Gasteiger partial charge in [-0.15, -0.1) is 0 Å². The van der Waals surface area contributed by atoms with E-state index in [0.717, 1.165) is 0 Å². The summed E-state index contributed by atoms with van der Waals surface area (Å²) in [6.07, 6.45) is -1.73. The van der Waals surface area contributed by atoms with Crippen LogP contribution in [0.25, 0.3) is 0 Å². The molecule has 0 radical (unpaired) electrons. The molecular weight excluding hydrogens is 156 g/mol. The monoisotopic (exact) mass is 164 g/mol. The van der Waals surface area contributed by atoms with Crippen molar-refractivity contribution in [1.82, 2.24) is 0 Å². The highest BCUT2D eigenvalue weighted by Gasteiger charge is 2.18. The molecule has 0 fully saturated rings. The van der Waals surface area contributed by atoms with E-state index in [0.29, 0.717) is 0 Å². The quantitative estimate of drug-likeness (QED) is 0.312. The topological polar surface area (TPSA) is 104 Å². The van der Waals surface area contributed by atoms with Gasteiger partial charge in [0.25, 0.3) is 0 Å². The van der Waals surface area contributed by atoms with Gasteiger partial charge >= 0.3 is 11.9 Å². The number of esters is 2. The maximum Gasteiger partial charge on any atom is 0.345 e. The molecule has 0 amide bonds. The summed E-state index contributed by atoms with van der Waals surface area (Å²) in [4.78, 5) is 20.5. The lowest BCUT2D eigenvalue weighted by atomic mass is 10.4. The van der Waals surface area contributed by atoms with E-state index in [4.69, 9.17) is 15.3 Å². The molecule has 64 valence electrons. The maximum atomic E-state index is 10.4. The standard InChI is InChI=1S/C5H8O6/c6-1-3(8)5(10)11-4(9)2-7/h3,6-8H,1-2H2. The molecule has 0 aliphatic carbocycles. The molecule has 3 N–H and O–H groups in total. The van der Waals surface area contributed by atoms with Gasteiger partial charge in [-0.1, -0.05) is 0 Å². The number of hydrogen-bond acceptors (Lipinski definition) is 6. The lowest BCUT2D eigenvalue weighted by Gasteiger charge is -2.03. The minimum absolute atomic E-state index is 0.822. The number of hydrogen-bond donors (Lipinski definition) is 3. The van der Waals surface area contributed by atoms with Crippen LogP contribution >= 0.6 is 0 Å². The van der Waals surface area contributed by atoms with Crippen LogP contribution in [-0.2, 0) is 14.3 Å². The zero-order valence-corrected chi connectivity index (χ0v) is 5.56. The molecule has 0 aliphatic rings. The molecule has 0 saturated heterocycles. The Labute approximate surface area is 62.0 Å². The van der Waals surface area contributed by atoms with Crippen molar-refractivity contribution in [3.8, 4) is 0 Å². The predicted molar refractivity (Wildman–Crippen MR) is 31.3 cm³/mol. The summed E-state index contributed by atoms with van der Waals surface area (Å²) in [7, 11) is 0. The Morgan fingerprint density at radius 2 is 1.91 bits per heavy atom. The van der Waals surface area contributed by atoms with Gasteiger partial charge in [-0.2, -0.15) is 0 Å². The second-order valence-corrected chi connectivity index (χ2v) is 1.65. The van der Waals surface area contributed by atoms with Crippen LogP contribution in [0.5, 0.6) is 0 Å². The average molecular weight is 164 g/mol. The number of aliphatic hydroxyl groups excluding tert-OH is 3. The first-order chi connectivity index (χ1) is 5.11. The molecule has 0 spiro atoms. The van der Waals surface area contributed by atoms with Gasteiger partial charge in [0.1, 0.15) is 6.61 Å². The van der Waals surface area contributed by atoms with Crippen molar-refractivity contribution < 1.29 is 29.6 Å². The van der Waals surface area contributed by atoms with Gasteiger partial charge in [-0.3, -0.25) is 0 Å². The Morgan fingerprint density at radius 1 is 1.36 bits per heavy atom. The van der Waals surface area contributed by atoms with Crippen LogP contribution < -0.4 is 0 Å². The van der Waals surface area contributed by atoms with Crippen molar-refractivity contribution in [3.63, 3.8) is 0 Å². The normalized spacial score (nSPS) is 12.3. The molecular formula is C5H8O6. The molecule has 1 unspecified atom stereocenters. The summed E-state index contributed by atoms with van der Waals surface area (Å²) >= 11 is 0. The van der Waals surface area contributed by atoms with Crippen molar-refractivity contribution in [1.29, 1.82) is 0 Å². The van der Waals surface area contributed by atoms with Gasteiger partial charge < -0.3 is 20.1 Å². The van der Waals surface area contributed by atoms with Crippen LogP contribution in [0.4, 0.5) is 0 Å². The van der Waals surface area contributed by atoms with Crippen LogP contribution in [-0.4, -0.2) is 46.6 Å². The molecule has 0 aromatic carbocycles. The highest BCUT2D eigenvalue weighted by molar-refractivity contribution is 5.88. The third kappa shape index (κ3) is 3.66. The molecule has 0 saturated carbocycles. The Balaban J connectivity index is 3.77. The summed E-state index contributed by atoms with van der Waals surface area (Å²) in [5.41, 5.74) is 0. The van der Waals surface area contributed by atoms with Crippen LogP contribution in [0.2, 0.25) is 0 Å². The van der Waals surface area contributed by atoms with E-state index < -0.39 is 31.3 Å². The molecule has 0 aliphatic heterocycles. The Hall–Kier alpha value is -0.980. The Bertz CT molecular complexity index is 153. The fourth-order valence-electron chi connectivity index (χ4n) is 0.287. The highest BCUT2D eigenvalue weighted by Crippen LogP contribution is 1.87. The van der Waals surface area contributed by atoms with Gasteiger partial charge in [-0.05, 0) is 0 Å². The van der Waals surface area contributed by atoms with Crippen molar-refractivity contribution >= 4 is 11.9 Å². The van der Waals surface area contributed by atoms with Gasteiger partial charge in [0.15, 0.2) is 6.10 Å². The first-order valence-electron chi connectivity index (χ1n) is 2.76.